The SMILES string of the molecule is Cc1cn([C@H]2C[C@H](OC3CCCCO3)[C@@H](COC3CCCCO3)O2)c(=O)n(CCCCc2ccc(C[18F])cc2)c1=O. The second-order valence-electron chi connectivity index (χ2n) is 11.3. The van der Waals surface area contributed by atoms with Gasteiger partial charge in [0.1, 0.15) is 19.0 Å². The van der Waals surface area contributed by atoms with Gasteiger partial charge in [-0.05, 0) is 75.8 Å². The summed E-state index contributed by atoms with van der Waals surface area (Å²) >= 11 is 0. The Kier molecular flexibility index (Phi) is 10.8. The van der Waals surface area contributed by atoms with Crippen LogP contribution in [0.5, 0.6) is 0 Å². The number of rotatable bonds is 12. The zero-order chi connectivity index (χ0) is 28.6. The molecule has 0 bridgehead atoms. The predicted molar refractivity (Wildman–Crippen MR) is 150 cm³/mol. The lowest BCUT2D eigenvalue weighted by Crippen LogP contribution is -2.42. The van der Waals surface area contributed by atoms with Gasteiger partial charge >= 0.3 is 5.69 Å². The third kappa shape index (κ3) is 7.93. The minimum Gasteiger partial charge on any atom is -0.353 e. The van der Waals surface area contributed by atoms with E-state index < -0.39 is 19.0 Å². The molecule has 226 valence electrons. The van der Waals surface area contributed by atoms with Crippen molar-refractivity contribution in [2.45, 2.75) is 115 Å². The van der Waals surface area contributed by atoms with E-state index >= 15 is 0 Å². The van der Waals surface area contributed by atoms with Crippen molar-refractivity contribution in [3.8, 4) is 0 Å². The number of halogens is 1. The molecule has 0 radical (unpaired) electrons. The molecule has 1 aromatic heterocycles. The van der Waals surface area contributed by atoms with E-state index in [0.29, 0.717) is 43.7 Å². The van der Waals surface area contributed by atoms with Crippen LogP contribution in [0, 0.1) is 6.92 Å². The van der Waals surface area contributed by atoms with Crippen molar-refractivity contribution in [1.82, 2.24) is 9.13 Å². The Labute approximate surface area is 240 Å². The van der Waals surface area contributed by atoms with E-state index in [1.165, 1.54) is 9.13 Å². The fraction of sp³-hybridized carbons (Fsp3) is 0.677. The molecule has 0 N–H and O–H groups in total. The number of hydrogen-bond acceptors (Lipinski definition) is 7. The molecule has 41 heavy (non-hydrogen) atoms. The fourth-order valence-electron chi connectivity index (χ4n) is 5.78. The van der Waals surface area contributed by atoms with E-state index in [2.05, 4.69) is 0 Å². The van der Waals surface area contributed by atoms with E-state index in [9.17, 15) is 14.0 Å². The molecule has 0 saturated carbocycles. The van der Waals surface area contributed by atoms with Crippen molar-refractivity contribution in [2.24, 2.45) is 0 Å². The van der Waals surface area contributed by atoms with Crippen LogP contribution in [0.4, 0.5) is 4.39 Å². The molecule has 5 rings (SSSR count). The van der Waals surface area contributed by atoms with Gasteiger partial charge in [-0.25, -0.2) is 9.18 Å². The van der Waals surface area contributed by atoms with E-state index in [4.69, 9.17) is 23.7 Å². The molecule has 9 nitrogen and oxygen atoms in total. The Morgan fingerprint density at radius 3 is 2.34 bits per heavy atom. The summed E-state index contributed by atoms with van der Waals surface area (Å²) in [6, 6.07) is 7.43. The van der Waals surface area contributed by atoms with Crippen molar-refractivity contribution in [1.29, 1.82) is 0 Å². The highest BCUT2D eigenvalue weighted by Gasteiger charge is 2.40. The molecule has 5 atom stereocenters. The van der Waals surface area contributed by atoms with Crippen LogP contribution in [-0.2, 0) is 43.3 Å². The number of unbranched alkanes of at least 4 members (excludes halogenated alkanes) is 1. The predicted octanol–water partition coefficient (Wildman–Crippen LogP) is 4.55. The topological polar surface area (TPSA) is 90.2 Å². The summed E-state index contributed by atoms with van der Waals surface area (Å²) in [7, 11) is 0. The third-order valence-electron chi connectivity index (χ3n) is 8.18. The van der Waals surface area contributed by atoms with Crippen LogP contribution in [0.2, 0.25) is 0 Å². The Morgan fingerprint density at radius 2 is 1.66 bits per heavy atom. The van der Waals surface area contributed by atoms with Crippen molar-refractivity contribution in [2.75, 3.05) is 19.8 Å². The highest BCUT2D eigenvalue weighted by Crippen LogP contribution is 2.33. The molecular weight excluding hydrogens is 530 g/mol. The molecule has 3 fully saturated rings. The Bertz CT molecular complexity index is 1220. The van der Waals surface area contributed by atoms with E-state index in [0.717, 1.165) is 56.9 Å². The number of benzene rings is 1. The minimum absolute atomic E-state index is 0.258. The van der Waals surface area contributed by atoms with Gasteiger partial charge in [0, 0.05) is 37.9 Å². The number of hydrogen-bond donors (Lipinski definition) is 0. The molecular formula is C31H43FN2O7. The van der Waals surface area contributed by atoms with Crippen molar-refractivity contribution < 1.29 is 28.1 Å². The Hall–Kier alpha value is -2.37. The third-order valence-corrected chi connectivity index (χ3v) is 8.18. The van der Waals surface area contributed by atoms with Crippen molar-refractivity contribution in [3.63, 3.8) is 0 Å². The summed E-state index contributed by atoms with van der Waals surface area (Å²) in [5, 5.41) is 0. The molecule has 4 heterocycles. The summed E-state index contributed by atoms with van der Waals surface area (Å²) in [4.78, 5) is 26.5. The number of nitrogens with zero attached hydrogens (tertiary/aromatic N) is 2. The van der Waals surface area contributed by atoms with Crippen LogP contribution in [0.3, 0.4) is 0 Å². The van der Waals surface area contributed by atoms with Gasteiger partial charge in [-0.15, -0.1) is 0 Å². The molecule has 3 aliphatic rings. The Morgan fingerprint density at radius 1 is 0.951 bits per heavy atom. The van der Waals surface area contributed by atoms with Crippen LogP contribution >= 0.6 is 0 Å². The van der Waals surface area contributed by atoms with E-state index in [-0.39, 0.29) is 36.5 Å². The zero-order valence-electron chi connectivity index (χ0n) is 24.0. The van der Waals surface area contributed by atoms with Gasteiger partial charge in [-0.3, -0.25) is 13.9 Å². The molecule has 1 aromatic carbocycles. The van der Waals surface area contributed by atoms with Crippen LogP contribution in [0.15, 0.2) is 40.1 Å². The van der Waals surface area contributed by atoms with Gasteiger partial charge < -0.3 is 23.7 Å². The first-order chi connectivity index (χ1) is 20.0. The van der Waals surface area contributed by atoms with Crippen LogP contribution in [0.1, 0.15) is 80.7 Å². The average Bonchev–Trinajstić information content (AvgIpc) is 3.40. The maximum atomic E-state index is 13.6. The van der Waals surface area contributed by atoms with Gasteiger partial charge in [0.05, 0.1) is 12.7 Å². The largest absolute Gasteiger partial charge is 0.353 e. The lowest BCUT2D eigenvalue weighted by molar-refractivity contribution is -0.216. The van der Waals surface area contributed by atoms with Crippen LogP contribution in [-0.4, -0.2) is 53.7 Å². The highest BCUT2D eigenvalue weighted by molar-refractivity contribution is 5.22. The summed E-state index contributed by atoms with van der Waals surface area (Å²) < 4.78 is 46.0. The molecule has 10 heteroatoms. The average molecular weight is 574 g/mol. The van der Waals surface area contributed by atoms with Gasteiger partial charge in [0.15, 0.2) is 12.6 Å². The molecule has 3 aliphatic heterocycles. The van der Waals surface area contributed by atoms with Crippen molar-refractivity contribution in [3.05, 3.63) is 68.0 Å². The fourth-order valence-corrected chi connectivity index (χ4v) is 5.78. The highest BCUT2D eigenvalue weighted by atomic mass is 18.2. The number of ether oxygens (including phenoxy) is 5. The zero-order valence-corrected chi connectivity index (χ0v) is 24.0. The van der Waals surface area contributed by atoms with Crippen molar-refractivity contribution >= 4 is 0 Å². The second kappa shape index (κ2) is 14.7. The quantitative estimate of drug-likeness (QED) is 0.344. The standard InChI is InChI=1S/C31H43FN2O7/c1-22-20-34(31(36)33(30(22)35)15-5-2-8-23-11-13-24(19-32)14-12-23)27-18-25(41-29-10-4-7-17-38-29)26(40-27)21-39-28-9-3-6-16-37-28/h11-14,20,25-29H,2-10,15-19,21H2,1H3/t25-,26+,27+,28?,29?/m0/s1/i32-1. The lowest BCUT2D eigenvalue weighted by atomic mass is 10.1. The first-order valence-corrected chi connectivity index (χ1v) is 15.1. The van der Waals surface area contributed by atoms with Gasteiger partial charge in [-0.1, -0.05) is 24.3 Å². The van der Waals surface area contributed by atoms with Gasteiger partial charge in [0.2, 0.25) is 0 Å². The first kappa shape index (κ1) is 30.1. The van der Waals surface area contributed by atoms with Gasteiger partial charge in [0.25, 0.3) is 5.56 Å². The normalized spacial score (nSPS) is 26.8. The minimum atomic E-state index is -0.587. The molecule has 2 unspecified atom stereocenters. The summed E-state index contributed by atoms with van der Waals surface area (Å²) in [5.74, 6) is 0. The monoisotopic (exact) mass is 573 g/mol. The maximum absolute atomic E-state index is 13.6. The summed E-state index contributed by atoms with van der Waals surface area (Å²) in [6.45, 7) is 3.22. The van der Waals surface area contributed by atoms with Crippen LogP contribution in [0.25, 0.3) is 0 Å². The maximum Gasteiger partial charge on any atom is 0.333 e. The molecule has 0 amide bonds. The van der Waals surface area contributed by atoms with E-state index in [1.54, 1.807) is 25.3 Å². The van der Waals surface area contributed by atoms with Crippen LogP contribution < -0.4 is 11.2 Å². The summed E-state index contributed by atoms with van der Waals surface area (Å²) in [5.41, 5.74) is 1.58. The molecule has 3 saturated heterocycles. The molecule has 2 aromatic rings. The lowest BCUT2D eigenvalue weighted by Gasteiger charge is -2.29. The first-order valence-electron chi connectivity index (χ1n) is 15.1. The number of aryl methyl sites for hydroxylation is 2. The molecule has 0 aliphatic carbocycles. The van der Waals surface area contributed by atoms with E-state index in [1.807, 2.05) is 12.1 Å². The van der Waals surface area contributed by atoms with Gasteiger partial charge in [-0.2, -0.15) is 0 Å². The summed E-state index contributed by atoms with van der Waals surface area (Å²) in [6.07, 6.45) is 8.30. The number of alkyl halides is 1. The molecule has 0 spiro atoms. The Balaban J connectivity index is 1.25. The number of aromatic nitrogens is 2. The smallest absolute Gasteiger partial charge is 0.333 e. The second-order valence-corrected chi connectivity index (χ2v) is 11.3.